The van der Waals surface area contributed by atoms with Gasteiger partial charge in [-0.2, -0.15) is 15.0 Å². The molecule has 2 aromatic rings. The molecule has 2 rings (SSSR count). The average Bonchev–Trinajstić information content (AvgIpc) is 2.47. The number of aromatic nitrogens is 3. The van der Waals surface area contributed by atoms with E-state index in [1.165, 1.54) is 6.92 Å². The van der Waals surface area contributed by atoms with Gasteiger partial charge < -0.3 is 10.1 Å². The van der Waals surface area contributed by atoms with Crippen molar-refractivity contribution in [2.75, 3.05) is 17.2 Å². The molecule has 0 saturated carbocycles. The molecule has 1 aromatic carbocycles. The van der Waals surface area contributed by atoms with Gasteiger partial charge in [0.1, 0.15) is 5.82 Å². The summed E-state index contributed by atoms with van der Waals surface area (Å²) in [5, 5.41) is 5.70. The van der Waals surface area contributed by atoms with E-state index in [9.17, 15) is 4.79 Å². The van der Waals surface area contributed by atoms with Gasteiger partial charge in [0.2, 0.25) is 17.8 Å². The van der Waals surface area contributed by atoms with Gasteiger partial charge in [-0.1, -0.05) is 34.1 Å². The Morgan fingerprint density at radius 2 is 1.96 bits per heavy atom. The quantitative estimate of drug-likeness (QED) is 0.751. The number of carbonyl (C=O) groups excluding carboxylic acids is 1. The van der Waals surface area contributed by atoms with E-state index in [0.29, 0.717) is 25.0 Å². The van der Waals surface area contributed by atoms with E-state index in [4.69, 9.17) is 4.74 Å². The number of ether oxygens (including phenoxy) is 1. The third-order valence-electron chi connectivity index (χ3n) is 2.99. The molecule has 0 spiro atoms. The van der Waals surface area contributed by atoms with Crippen LogP contribution in [0.1, 0.15) is 25.2 Å². The maximum atomic E-state index is 11.1. The van der Waals surface area contributed by atoms with Crippen LogP contribution >= 0.6 is 15.9 Å². The van der Waals surface area contributed by atoms with Crippen LogP contribution in [0, 0.1) is 6.92 Å². The Balaban J connectivity index is 1.88. The molecule has 2 N–H and O–H groups in total. The number of halogens is 1. The number of nitrogens with zero attached hydrogens (tertiary/aromatic N) is 3. The van der Waals surface area contributed by atoms with Crippen LogP contribution in [0.25, 0.3) is 0 Å². The van der Waals surface area contributed by atoms with E-state index in [1.54, 1.807) is 6.92 Å². The standard InChI is InChI=1S/C16H20BrN5O2/c1-10(8-24-9-13-6-4-5-7-14(13)17)18-15-19-11(2)20-16(22-15)21-12(3)23/h4-7,10H,8-9H2,1-3H3,(H2,18,19,20,21,22,23). The minimum atomic E-state index is -0.226. The van der Waals surface area contributed by atoms with E-state index >= 15 is 0 Å². The molecular weight excluding hydrogens is 374 g/mol. The number of rotatable bonds is 7. The summed E-state index contributed by atoms with van der Waals surface area (Å²) >= 11 is 3.50. The Morgan fingerprint density at radius 3 is 2.67 bits per heavy atom. The first-order chi connectivity index (χ1) is 11.4. The van der Waals surface area contributed by atoms with E-state index in [1.807, 2.05) is 31.2 Å². The number of hydrogen-bond acceptors (Lipinski definition) is 6. The lowest BCUT2D eigenvalue weighted by molar-refractivity contribution is -0.114. The molecule has 0 aliphatic heterocycles. The maximum absolute atomic E-state index is 11.1. The zero-order valence-electron chi connectivity index (χ0n) is 13.8. The smallest absolute Gasteiger partial charge is 0.234 e. The van der Waals surface area contributed by atoms with E-state index < -0.39 is 0 Å². The van der Waals surface area contributed by atoms with Crippen LogP contribution < -0.4 is 10.6 Å². The van der Waals surface area contributed by atoms with Gasteiger partial charge in [0.15, 0.2) is 0 Å². The Bertz CT molecular complexity index is 711. The Labute approximate surface area is 149 Å². The molecule has 1 unspecified atom stereocenters. The second kappa shape index (κ2) is 8.70. The summed E-state index contributed by atoms with van der Waals surface area (Å²) in [6.45, 7) is 6.12. The van der Waals surface area contributed by atoms with Crippen LogP contribution in [0.5, 0.6) is 0 Å². The molecule has 0 fully saturated rings. The van der Waals surface area contributed by atoms with Crippen molar-refractivity contribution >= 4 is 33.7 Å². The predicted octanol–water partition coefficient (Wildman–Crippen LogP) is 2.92. The topological polar surface area (TPSA) is 89.0 Å². The van der Waals surface area contributed by atoms with Gasteiger partial charge in [-0.05, 0) is 25.5 Å². The molecule has 0 aliphatic rings. The van der Waals surface area contributed by atoms with Crippen molar-refractivity contribution in [3.8, 4) is 0 Å². The maximum Gasteiger partial charge on any atom is 0.234 e. The Kier molecular flexibility index (Phi) is 6.62. The highest BCUT2D eigenvalue weighted by molar-refractivity contribution is 9.10. The SMILES string of the molecule is CC(=O)Nc1nc(C)nc(NC(C)COCc2ccccc2Br)n1. The first-order valence-electron chi connectivity index (χ1n) is 7.52. The number of aryl methyl sites for hydroxylation is 1. The number of anilines is 2. The third kappa shape index (κ3) is 5.86. The van der Waals surface area contributed by atoms with Crippen molar-refractivity contribution in [3.05, 3.63) is 40.1 Å². The van der Waals surface area contributed by atoms with Gasteiger partial charge in [-0.3, -0.25) is 10.1 Å². The van der Waals surface area contributed by atoms with Crippen LogP contribution in [0.2, 0.25) is 0 Å². The molecule has 0 radical (unpaired) electrons. The average molecular weight is 394 g/mol. The Morgan fingerprint density at radius 1 is 1.25 bits per heavy atom. The molecule has 7 nitrogen and oxygen atoms in total. The van der Waals surface area contributed by atoms with Gasteiger partial charge >= 0.3 is 0 Å². The van der Waals surface area contributed by atoms with Crippen molar-refractivity contribution < 1.29 is 9.53 Å². The molecule has 1 heterocycles. The molecule has 0 bridgehead atoms. The van der Waals surface area contributed by atoms with Crippen LogP contribution in [0.3, 0.4) is 0 Å². The fourth-order valence-corrected chi connectivity index (χ4v) is 2.38. The first kappa shape index (κ1) is 18.3. The summed E-state index contributed by atoms with van der Waals surface area (Å²) in [7, 11) is 0. The van der Waals surface area contributed by atoms with Crippen molar-refractivity contribution in [2.45, 2.75) is 33.4 Å². The molecule has 0 saturated heterocycles. The van der Waals surface area contributed by atoms with Gasteiger partial charge in [0.25, 0.3) is 0 Å². The molecule has 0 aliphatic carbocycles. The summed E-state index contributed by atoms with van der Waals surface area (Å²) in [5.41, 5.74) is 1.09. The largest absolute Gasteiger partial charge is 0.375 e. The second-order valence-electron chi connectivity index (χ2n) is 5.36. The molecule has 1 aromatic heterocycles. The molecule has 1 atom stereocenters. The molecular formula is C16H20BrN5O2. The normalized spacial score (nSPS) is 11.8. The monoisotopic (exact) mass is 393 g/mol. The van der Waals surface area contributed by atoms with Gasteiger partial charge in [0, 0.05) is 17.4 Å². The lowest BCUT2D eigenvalue weighted by Gasteiger charge is -2.15. The first-order valence-corrected chi connectivity index (χ1v) is 8.31. The minimum Gasteiger partial charge on any atom is -0.375 e. The zero-order chi connectivity index (χ0) is 17.5. The highest BCUT2D eigenvalue weighted by Gasteiger charge is 2.09. The summed E-state index contributed by atoms with van der Waals surface area (Å²) < 4.78 is 6.75. The number of nitrogens with one attached hydrogen (secondary N) is 2. The fraction of sp³-hybridized carbons (Fsp3) is 0.375. The summed E-state index contributed by atoms with van der Waals surface area (Å²) in [5.74, 6) is 0.941. The summed E-state index contributed by atoms with van der Waals surface area (Å²) in [6, 6.07) is 7.93. The summed E-state index contributed by atoms with van der Waals surface area (Å²) in [6.07, 6.45) is 0. The summed E-state index contributed by atoms with van der Waals surface area (Å²) in [4.78, 5) is 23.5. The lowest BCUT2D eigenvalue weighted by Crippen LogP contribution is -2.24. The van der Waals surface area contributed by atoms with Crippen molar-refractivity contribution in [1.29, 1.82) is 0 Å². The predicted molar refractivity (Wildman–Crippen MR) is 95.8 cm³/mol. The van der Waals surface area contributed by atoms with Crippen LogP contribution in [0.4, 0.5) is 11.9 Å². The highest BCUT2D eigenvalue weighted by atomic mass is 79.9. The Hall–Kier alpha value is -2.06. The lowest BCUT2D eigenvalue weighted by atomic mass is 10.2. The van der Waals surface area contributed by atoms with Gasteiger partial charge in [0.05, 0.1) is 13.2 Å². The van der Waals surface area contributed by atoms with Crippen molar-refractivity contribution in [2.24, 2.45) is 0 Å². The van der Waals surface area contributed by atoms with Crippen LogP contribution in [-0.4, -0.2) is 33.5 Å². The second-order valence-corrected chi connectivity index (χ2v) is 6.22. The van der Waals surface area contributed by atoms with E-state index in [2.05, 4.69) is 41.5 Å². The number of hydrogen-bond donors (Lipinski definition) is 2. The zero-order valence-corrected chi connectivity index (χ0v) is 15.4. The molecule has 8 heteroatoms. The van der Waals surface area contributed by atoms with Crippen molar-refractivity contribution in [3.63, 3.8) is 0 Å². The van der Waals surface area contributed by atoms with E-state index in [-0.39, 0.29) is 17.9 Å². The fourth-order valence-electron chi connectivity index (χ4n) is 1.98. The molecule has 24 heavy (non-hydrogen) atoms. The number of carbonyl (C=O) groups is 1. The van der Waals surface area contributed by atoms with E-state index in [0.717, 1.165) is 10.0 Å². The third-order valence-corrected chi connectivity index (χ3v) is 3.77. The molecule has 128 valence electrons. The number of benzene rings is 1. The minimum absolute atomic E-state index is 0.000495. The van der Waals surface area contributed by atoms with Crippen molar-refractivity contribution in [1.82, 2.24) is 15.0 Å². The van der Waals surface area contributed by atoms with Gasteiger partial charge in [-0.25, -0.2) is 0 Å². The van der Waals surface area contributed by atoms with Gasteiger partial charge in [-0.15, -0.1) is 0 Å². The highest BCUT2D eigenvalue weighted by Crippen LogP contribution is 2.16. The number of amides is 1. The van der Waals surface area contributed by atoms with Crippen LogP contribution in [0.15, 0.2) is 28.7 Å². The molecule has 1 amide bonds. The van der Waals surface area contributed by atoms with Crippen LogP contribution in [-0.2, 0) is 16.1 Å².